The van der Waals surface area contributed by atoms with Crippen molar-refractivity contribution >= 4 is 11.6 Å². The molecule has 1 rings (SSSR count). The van der Waals surface area contributed by atoms with Gasteiger partial charge in [-0.05, 0) is 13.0 Å². The molecule has 1 aromatic rings. The van der Waals surface area contributed by atoms with Gasteiger partial charge in [0.15, 0.2) is 0 Å². The Morgan fingerprint density at radius 1 is 1.67 bits per heavy atom. The third-order valence-corrected chi connectivity index (χ3v) is 1.88. The van der Waals surface area contributed by atoms with Crippen molar-refractivity contribution in [3.8, 4) is 5.88 Å². The Morgan fingerprint density at radius 3 is 2.75 bits per heavy atom. The van der Waals surface area contributed by atoms with Crippen LogP contribution in [0.25, 0.3) is 0 Å². The van der Waals surface area contributed by atoms with E-state index in [0.717, 1.165) is 5.56 Å². The molecule has 0 aromatic carbocycles. The van der Waals surface area contributed by atoms with Gasteiger partial charge in [0.2, 0.25) is 5.88 Å². The van der Waals surface area contributed by atoms with Crippen LogP contribution in [0.2, 0.25) is 5.02 Å². The zero-order valence-corrected chi connectivity index (χ0v) is 7.80. The zero-order valence-electron chi connectivity index (χ0n) is 7.04. The average molecular weight is 187 g/mol. The van der Waals surface area contributed by atoms with E-state index in [1.807, 2.05) is 6.92 Å². The van der Waals surface area contributed by atoms with Gasteiger partial charge < -0.3 is 10.5 Å². The lowest BCUT2D eigenvalue weighted by molar-refractivity contribution is 0.390. The van der Waals surface area contributed by atoms with Gasteiger partial charge in [-0.1, -0.05) is 11.6 Å². The van der Waals surface area contributed by atoms with Crippen molar-refractivity contribution in [3.63, 3.8) is 0 Å². The van der Waals surface area contributed by atoms with Crippen molar-refractivity contribution in [1.29, 1.82) is 0 Å². The van der Waals surface area contributed by atoms with Crippen molar-refractivity contribution in [3.05, 3.63) is 22.8 Å². The summed E-state index contributed by atoms with van der Waals surface area (Å²) >= 11 is 5.90. The molecule has 0 unspecified atom stereocenters. The van der Waals surface area contributed by atoms with Crippen LogP contribution in [0.1, 0.15) is 18.5 Å². The summed E-state index contributed by atoms with van der Waals surface area (Å²) in [6.07, 6.45) is 1.59. The Kier molecular flexibility index (Phi) is 2.89. The van der Waals surface area contributed by atoms with Gasteiger partial charge >= 0.3 is 0 Å². The lowest BCUT2D eigenvalue weighted by Gasteiger charge is -2.11. The van der Waals surface area contributed by atoms with Crippen molar-refractivity contribution < 1.29 is 4.74 Å². The van der Waals surface area contributed by atoms with Gasteiger partial charge in [-0.25, -0.2) is 4.98 Å². The van der Waals surface area contributed by atoms with Crippen LogP contribution < -0.4 is 10.5 Å². The zero-order chi connectivity index (χ0) is 9.14. The summed E-state index contributed by atoms with van der Waals surface area (Å²) in [6, 6.07) is 1.53. The topological polar surface area (TPSA) is 48.1 Å². The molecule has 66 valence electrons. The summed E-state index contributed by atoms with van der Waals surface area (Å²) in [4.78, 5) is 3.99. The highest BCUT2D eigenvalue weighted by Crippen LogP contribution is 2.28. The van der Waals surface area contributed by atoms with E-state index in [0.29, 0.717) is 10.9 Å². The number of ether oxygens (including phenoxy) is 1. The predicted octanol–water partition coefficient (Wildman–Crippen LogP) is 1.76. The van der Waals surface area contributed by atoms with E-state index < -0.39 is 0 Å². The number of aromatic nitrogens is 1. The first-order valence-electron chi connectivity index (χ1n) is 3.60. The van der Waals surface area contributed by atoms with Gasteiger partial charge in [0, 0.05) is 17.8 Å². The van der Waals surface area contributed by atoms with E-state index in [-0.39, 0.29) is 6.04 Å². The summed E-state index contributed by atoms with van der Waals surface area (Å²) in [7, 11) is 1.55. The average Bonchev–Trinajstić information content (AvgIpc) is 2.03. The van der Waals surface area contributed by atoms with Crippen LogP contribution >= 0.6 is 11.6 Å². The summed E-state index contributed by atoms with van der Waals surface area (Å²) in [5.41, 5.74) is 6.44. The second-order valence-corrected chi connectivity index (χ2v) is 2.91. The molecule has 0 saturated heterocycles. The van der Waals surface area contributed by atoms with E-state index in [1.165, 1.54) is 0 Å². The molecule has 0 fully saturated rings. The van der Waals surface area contributed by atoms with Gasteiger partial charge in [0.1, 0.15) is 0 Å². The lowest BCUT2D eigenvalue weighted by atomic mass is 10.1. The van der Waals surface area contributed by atoms with Gasteiger partial charge in [-0.3, -0.25) is 0 Å². The summed E-state index contributed by atoms with van der Waals surface area (Å²) in [6.45, 7) is 1.84. The maximum Gasteiger partial charge on any atom is 0.219 e. The molecule has 0 radical (unpaired) electrons. The van der Waals surface area contributed by atoms with Gasteiger partial charge in [-0.2, -0.15) is 0 Å². The Morgan fingerprint density at radius 2 is 2.33 bits per heavy atom. The normalized spacial score (nSPS) is 12.7. The molecule has 1 aromatic heterocycles. The minimum atomic E-state index is -0.166. The second-order valence-electron chi connectivity index (χ2n) is 2.50. The fraction of sp³-hybridized carbons (Fsp3) is 0.375. The third-order valence-electron chi connectivity index (χ3n) is 1.55. The summed E-state index contributed by atoms with van der Waals surface area (Å²) in [5, 5.41) is 0.594. The second kappa shape index (κ2) is 3.74. The molecule has 0 aliphatic carbocycles. The van der Waals surface area contributed by atoms with Crippen molar-refractivity contribution in [1.82, 2.24) is 4.98 Å². The third kappa shape index (κ3) is 1.68. The van der Waals surface area contributed by atoms with Crippen molar-refractivity contribution in [2.24, 2.45) is 5.73 Å². The SMILES string of the molecule is COc1nccc(Cl)c1[C@@H](C)N. The molecular formula is C8H11ClN2O. The van der Waals surface area contributed by atoms with Crippen molar-refractivity contribution in [2.45, 2.75) is 13.0 Å². The minimum Gasteiger partial charge on any atom is -0.481 e. The first-order chi connectivity index (χ1) is 5.66. The minimum absolute atomic E-state index is 0.166. The number of nitrogens with zero attached hydrogens (tertiary/aromatic N) is 1. The highest BCUT2D eigenvalue weighted by molar-refractivity contribution is 6.31. The molecule has 1 atom stereocenters. The smallest absolute Gasteiger partial charge is 0.219 e. The Hall–Kier alpha value is -0.800. The van der Waals surface area contributed by atoms with Crippen LogP contribution in [0, 0.1) is 0 Å². The molecule has 1 heterocycles. The molecule has 0 aliphatic heterocycles. The van der Waals surface area contributed by atoms with Crippen LogP contribution in [-0.2, 0) is 0 Å². The fourth-order valence-corrected chi connectivity index (χ4v) is 1.32. The fourth-order valence-electron chi connectivity index (χ4n) is 1.01. The monoisotopic (exact) mass is 186 g/mol. The molecule has 4 heteroatoms. The van der Waals surface area contributed by atoms with Crippen LogP contribution in [0.4, 0.5) is 0 Å². The van der Waals surface area contributed by atoms with E-state index >= 15 is 0 Å². The summed E-state index contributed by atoms with van der Waals surface area (Å²) in [5.74, 6) is 0.498. The van der Waals surface area contributed by atoms with E-state index in [1.54, 1.807) is 19.4 Å². The maximum absolute atomic E-state index is 5.90. The summed E-state index contributed by atoms with van der Waals surface area (Å²) < 4.78 is 5.01. The Bertz CT molecular complexity index is 276. The van der Waals surface area contributed by atoms with Gasteiger partial charge in [0.05, 0.1) is 12.1 Å². The number of methoxy groups -OCH3 is 1. The molecule has 3 nitrogen and oxygen atoms in total. The number of nitrogens with two attached hydrogens (primary N) is 1. The molecule has 0 spiro atoms. The van der Waals surface area contributed by atoms with E-state index in [4.69, 9.17) is 22.1 Å². The maximum atomic E-state index is 5.90. The first kappa shape index (κ1) is 9.29. The number of hydrogen-bond acceptors (Lipinski definition) is 3. The first-order valence-corrected chi connectivity index (χ1v) is 3.98. The molecule has 12 heavy (non-hydrogen) atoms. The number of halogens is 1. The Labute approximate surface area is 76.5 Å². The van der Waals surface area contributed by atoms with Crippen LogP contribution in [0.3, 0.4) is 0 Å². The predicted molar refractivity (Wildman–Crippen MR) is 48.4 cm³/mol. The number of hydrogen-bond donors (Lipinski definition) is 1. The highest BCUT2D eigenvalue weighted by Gasteiger charge is 2.12. The van der Waals surface area contributed by atoms with Crippen LogP contribution in [0.15, 0.2) is 12.3 Å². The molecule has 0 amide bonds. The Balaban J connectivity index is 3.20. The largest absolute Gasteiger partial charge is 0.481 e. The quantitative estimate of drug-likeness (QED) is 0.766. The van der Waals surface area contributed by atoms with Gasteiger partial charge in [0.25, 0.3) is 0 Å². The molecule has 0 saturated carbocycles. The molecule has 2 N–H and O–H groups in total. The van der Waals surface area contributed by atoms with Gasteiger partial charge in [-0.15, -0.1) is 0 Å². The molecule has 0 aliphatic rings. The van der Waals surface area contributed by atoms with Crippen molar-refractivity contribution in [2.75, 3.05) is 7.11 Å². The van der Waals surface area contributed by atoms with E-state index in [2.05, 4.69) is 4.98 Å². The number of rotatable bonds is 2. The van der Waals surface area contributed by atoms with Crippen LogP contribution in [0.5, 0.6) is 5.88 Å². The number of pyridine rings is 1. The lowest BCUT2D eigenvalue weighted by Crippen LogP contribution is -2.08. The van der Waals surface area contributed by atoms with Crippen LogP contribution in [-0.4, -0.2) is 12.1 Å². The standard InChI is InChI=1S/C8H11ClN2O/c1-5(10)7-6(9)3-4-11-8(7)12-2/h3-5H,10H2,1-2H3/t5-/m1/s1. The molecular weight excluding hydrogens is 176 g/mol. The molecule has 0 bridgehead atoms. The van der Waals surface area contributed by atoms with E-state index in [9.17, 15) is 0 Å². The highest BCUT2D eigenvalue weighted by atomic mass is 35.5.